The smallest absolute Gasteiger partial charge is 0.358 e. The molecule has 0 bridgehead atoms. The van der Waals surface area contributed by atoms with E-state index in [0.717, 1.165) is 0 Å². The van der Waals surface area contributed by atoms with E-state index in [1.807, 2.05) is 6.07 Å². The second-order valence-electron chi connectivity index (χ2n) is 6.44. The van der Waals surface area contributed by atoms with Gasteiger partial charge in [-0.25, -0.2) is 9.48 Å². The Hall–Kier alpha value is -2.41. The van der Waals surface area contributed by atoms with E-state index in [4.69, 9.17) is 14.2 Å². The van der Waals surface area contributed by atoms with Crippen molar-refractivity contribution < 1.29 is 39.4 Å². The Morgan fingerprint density at radius 2 is 1.90 bits per heavy atom. The summed E-state index contributed by atoms with van der Waals surface area (Å²) >= 11 is 0. The molecule has 1 aromatic heterocycles. The van der Waals surface area contributed by atoms with E-state index in [2.05, 4.69) is 10.3 Å². The van der Waals surface area contributed by atoms with E-state index < -0.39 is 43.3 Å². The summed E-state index contributed by atoms with van der Waals surface area (Å²) < 4.78 is 16.8. The van der Waals surface area contributed by atoms with Crippen molar-refractivity contribution in [3.05, 3.63) is 36.0 Å². The fourth-order valence-electron chi connectivity index (χ4n) is 3.02. The predicted octanol–water partition coefficient (Wildman–Crippen LogP) is -1.45. The average molecular weight is 409 g/mol. The zero-order valence-electron chi connectivity index (χ0n) is 15.7. The van der Waals surface area contributed by atoms with Gasteiger partial charge in [0, 0.05) is 5.56 Å². The van der Waals surface area contributed by atoms with Crippen LogP contribution in [0, 0.1) is 0 Å². The number of ether oxygens (including phenoxy) is 3. The molecular weight excluding hydrogens is 386 g/mol. The molecule has 0 amide bonds. The predicted molar refractivity (Wildman–Crippen MR) is 96.5 cm³/mol. The zero-order valence-corrected chi connectivity index (χ0v) is 15.7. The normalized spacial score (nSPS) is 27.0. The highest BCUT2D eigenvalue weighted by Crippen LogP contribution is 2.23. The molecule has 0 spiro atoms. The van der Waals surface area contributed by atoms with E-state index in [-0.39, 0.29) is 18.8 Å². The lowest BCUT2D eigenvalue weighted by Crippen LogP contribution is -2.59. The number of rotatable bonds is 7. The first-order chi connectivity index (χ1) is 14.0. The molecule has 1 aliphatic heterocycles. The number of hydrogen-bond donors (Lipinski definition) is 4. The second-order valence-corrected chi connectivity index (χ2v) is 6.44. The van der Waals surface area contributed by atoms with Gasteiger partial charge in [-0.15, -0.1) is 5.10 Å². The molecule has 1 saturated heterocycles. The van der Waals surface area contributed by atoms with Crippen LogP contribution < -0.4 is 0 Å². The van der Waals surface area contributed by atoms with Gasteiger partial charge in [0.25, 0.3) is 0 Å². The third-order valence-corrected chi connectivity index (χ3v) is 4.59. The van der Waals surface area contributed by atoms with Crippen molar-refractivity contribution in [3.63, 3.8) is 0 Å². The summed E-state index contributed by atoms with van der Waals surface area (Å²) in [6.45, 7) is -0.551. The lowest BCUT2D eigenvalue weighted by Gasteiger charge is -2.39. The summed E-state index contributed by atoms with van der Waals surface area (Å²) in [6.07, 6.45) is -6.86. The number of hydrogen-bond acceptors (Lipinski definition) is 10. The first-order valence-corrected chi connectivity index (χ1v) is 8.97. The van der Waals surface area contributed by atoms with Gasteiger partial charge < -0.3 is 34.6 Å². The number of nitrogens with zero attached hydrogens (tertiary/aromatic N) is 3. The molecule has 2 heterocycles. The van der Waals surface area contributed by atoms with Gasteiger partial charge in [-0.2, -0.15) is 0 Å². The molecule has 2 aromatic rings. The summed E-state index contributed by atoms with van der Waals surface area (Å²) in [7, 11) is 1.25. The van der Waals surface area contributed by atoms with Crippen molar-refractivity contribution >= 4 is 5.97 Å². The van der Waals surface area contributed by atoms with E-state index in [0.29, 0.717) is 11.3 Å². The van der Waals surface area contributed by atoms with Gasteiger partial charge in [-0.05, 0) is 0 Å². The van der Waals surface area contributed by atoms with Crippen LogP contribution in [0.5, 0.6) is 0 Å². The van der Waals surface area contributed by atoms with Crippen LogP contribution in [0.3, 0.4) is 0 Å². The molecule has 29 heavy (non-hydrogen) atoms. The van der Waals surface area contributed by atoms with Crippen LogP contribution in [-0.2, 0) is 20.8 Å². The first kappa shape index (κ1) is 21.3. The van der Waals surface area contributed by atoms with Crippen molar-refractivity contribution in [1.29, 1.82) is 0 Å². The van der Waals surface area contributed by atoms with Crippen LogP contribution in [0.2, 0.25) is 0 Å². The quantitative estimate of drug-likeness (QED) is 0.399. The summed E-state index contributed by atoms with van der Waals surface area (Å²) in [6, 6.07) is 9.01. The molecule has 5 atom stereocenters. The molecule has 0 radical (unpaired) electrons. The van der Waals surface area contributed by atoms with Crippen LogP contribution in [-0.4, -0.2) is 92.4 Å². The molecule has 1 aromatic carbocycles. The van der Waals surface area contributed by atoms with Crippen molar-refractivity contribution in [1.82, 2.24) is 15.0 Å². The van der Waals surface area contributed by atoms with Gasteiger partial charge in [0.15, 0.2) is 12.0 Å². The Morgan fingerprint density at radius 3 is 2.55 bits per heavy atom. The number of aliphatic hydroxyl groups is 4. The molecule has 0 aliphatic carbocycles. The summed E-state index contributed by atoms with van der Waals surface area (Å²) in [4.78, 5) is 12.3. The van der Waals surface area contributed by atoms with Crippen LogP contribution in [0.15, 0.2) is 30.3 Å². The average Bonchev–Trinajstić information content (AvgIpc) is 3.17. The van der Waals surface area contributed by atoms with Crippen molar-refractivity contribution in [3.8, 4) is 11.3 Å². The Balaban J connectivity index is 1.71. The van der Waals surface area contributed by atoms with Gasteiger partial charge in [0.05, 0.1) is 26.9 Å². The minimum atomic E-state index is -1.53. The molecule has 0 unspecified atom stereocenters. The lowest BCUT2D eigenvalue weighted by molar-refractivity contribution is -0.301. The number of benzene rings is 1. The molecule has 3 rings (SSSR count). The van der Waals surface area contributed by atoms with Gasteiger partial charge in [-0.1, -0.05) is 35.5 Å². The maximum Gasteiger partial charge on any atom is 0.358 e. The van der Waals surface area contributed by atoms with Crippen molar-refractivity contribution in [2.75, 3.05) is 20.3 Å². The van der Waals surface area contributed by atoms with Crippen LogP contribution in [0.1, 0.15) is 10.5 Å². The zero-order chi connectivity index (χ0) is 21.0. The standard InChI is InChI=1S/C18H23N3O8/c1-27-17(26)13-12(10-5-3-2-4-6-10)19-20-21(13)7-8-28-18-16(25)15(24)14(23)11(9-22)29-18/h2-6,11,14-16,18,22-25H,7-9H2,1H3/t11-,14-,15+,16+,18+/m1/s1. The summed E-state index contributed by atoms with van der Waals surface area (Å²) in [5.74, 6) is -0.623. The Labute approximate surface area is 166 Å². The third-order valence-electron chi connectivity index (χ3n) is 4.59. The summed E-state index contributed by atoms with van der Waals surface area (Å²) in [5, 5.41) is 46.8. The minimum Gasteiger partial charge on any atom is -0.464 e. The van der Waals surface area contributed by atoms with Gasteiger partial charge in [-0.3, -0.25) is 0 Å². The van der Waals surface area contributed by atoms with E-state index in [1.165, 1.54) is 11.8 Å². The van der Waals surface area contributed by atoms with E-state index in [9.17, 15) is 25.2 Å². The maximum atomic E-state index is 12.3. The van der Waals surface area contributed by atoms with Crippen molar-refractivity contribution in [2.24, 2.45) is 0 Å². The molecule has 158 valence electrons. The summed E-state index contributed by atoms with van der Waals surface area (Å²) in [5.41, 5.74) is 1.18. The highest BCUT2D eigenvalue weighted by Gasteiger charge is 2.44. The third kappa shape index (κ3) is 4.45. The monoisotopic (exact) mass is 409 g/mol. The number of aliphatic hydroxyl groups excluding tert-OH is 4. The first-order valence-electron chi connectivity index (χ1n) is 8.97. The molecule has 0 saturated carbocycles. The fraction of sp³-hybridized carbons (Fsp3) is 0.500. The highest BCUT2D eigenvalue weighted by molar-refractivity contribution is 5.94. The fourth-order valence-corrected chi connectivity index (χ4v) is 3.02. The topological polar surface area (TPSA) is 156 Å². The Morgan fingerprint density at radius 1 is 1.17 bits per heavy atom. The molecule has 11 nitrogen and oxygen atoms in total. The largest absolute Gasteiger partial charge is 0.464 e. The molecule has 11 heteroatoms. The van der Waals surface area contributed by atoms with Crippen LogP contribution in [0.25, 0.3) is 11.3 Å². The maximum absolute atomic E-state index is 12.3. The number of methoxy groups -OCH3 is 1. The molecule has 1 fully saturated rings. The van der Waals surface area contributed by atoms with Gasteiger partial charge in [0.2, 0.25) is 0 Å². The molecule has 1 aliphatic rings. The van der Waals surface area contributed by atoms with Gasteiger partial charge in [0.1, 0.15) is 30.1 Å². The number of carbonyl (C=O) groups excluding carboxylic acids is 1. The van der Waals surface area contributed by atoms with E-state index in [1.54, 1.807) is 24.3 Å². The molecular formula is C18H23N3O8. The number of esters is 1. The van der Waals surface area contributed by atoms with Crippen LogP contribution in [0.4, 0.5) is 0 Å². The SMILES string of the molecule is COC(=O)c1c(-c2ccccc2)nnn1CCO[C@H]1O[C@H](CO)[C@@H](O)[C@H](O)[C@@H]1O. The van der Waals surface area contributed by atoms with Crippen LogP contribution >= 0.6 is 0 Å². The van der Waals surface area contributed by atoms with Gasteiger partial charge >= 0.3 is 5.97 Å². The Bertz CT molecular complexity index is 813. The number of aromatic nitrogens is 3. The highest BCUT2D eigenvalue weighted by atomic mass is 16.7. The van der Waals surface area contributed by atoms with E-state index >= 15 is 0 Å². The minimum absolute atomic E-state index is 0.0652. The second kappa shape index (κ2) is 9.39. The van der Waals surface area contributed by atoms with Crippen molar-refractivity contribution in [2.45, 2.75) is 37.3 Å². The lowest BCUT2D eigenvalue weighted by atomic mass is 9.99. The number of carbonyl (C=O) groups is 1. The Kier molecular flexibility index (Phi) is 6.90. The molecule has 4 N–H and O–H groups in total.